The van der Waals surface area contributed by atoms with Crippen LogP contribution in [-0.4, -0.2) is 36.7 Å². The van der Waals surface area contributed by atoms with E-state index in [1.165, 1.54) is 29.8 Å². The molecule has 0 unspecified atom stereocenters. The summed E-state index contributed by atoms with van der Waals surface area (Å²) in [7, 11) is 1.63. The van der Waals surface area contributed by atoms with Crippen molar-refractivity contribution in [1.29, 1.82) is 0 Å². The summed E-state index contributed by atoms with van der Waals surface area (Å²) in [6.45, 7) is 1.63. The molecule has 2 N–H and O–H groups in total. The summed E-state index contributed by atoms with van der Waals surface area (Å²) in [5.74, 6) is -0.0459. The molecule has 22 heavy (non-hydrogen) atoms. The van der Waals surface area contributed by atoms with Crippen molar-refractivity contribution in [2.24, 2.45) is 0 Å². The summed E-state index contributed by atoms with van der Waals surface area (Å²) >= 11 is 1.64. The van der Waals surface area contributed by atoms with Crippen LogP contribution in [0.15, 0.2) is 0 Å². The molecule has 1 aliphatic heterocycles. The summed E-state index contributed by atoms with van der Waals surface area (Å²) in [4.78, 5) is 18.6. The molecule has 2 aliphatic rings. The summed E-state index contributed by atoms with van der Waals surface area (Å²) in [5, 5.41) is 7.00. The number of nitrogens with one attached hydrogen (secondary N) is 2. The van der Waals surface area contributed by atoms with Gasteiger partial charge in [0.15, 0.2) is 5.13 Å². The molecule has 3 rings (SSSR count). The summed E-state index contributed by atoms with van der Waals surface area (Å²) in [6, 6.07) is 0. The molecule has 5 nitrogen and oxygen atoms in total. The number of amides is 1. The second-order valence-electron chi connectivity index (χ2n) is 5.85. The zero-order valence-electron chi connectivity index (χ0n) is 12.9. The molecule has 1 aromatic heterocycles. The minimum absolute atomic E-state index is 0. The SMILES string of the molecule is COC1(C(=O)Nc2nc3c(s2)CCCCC3)CCNCC1.Cl. The van der Waals surface area contributed by atoms with Crippen molar-refractivity contribution in [2.75, 3.05) is 25.5 Å². The number of fused-ring (bicyclic) bond motifs is 1. The summed E-state index contributed by atoms with van der Waals surface area (Å²) in [5.41, 5.74) is 0.485. The van der Waals surface area contributed by atoms with Crippen molar-refractivity contribution in [3.63, 3.8) is 0 Å². The van der Waals surface area contributed by atoms with Crippen LogP contribution in [0.4, 0.5) is 5.13 Å². The second kappa shape index (κ2) is 7.73. The van der Waals surface area contributed by atoms with Gasteiger partial charge in [-0.25, -0.2) is 4.98 Å². The molecule has 124 valence electrons. The number of ether oxygens (including phenoxy) is 1. The summed E-state index contributed by atoms with van der Waals surface area (Å²) in [6.07, 6.45) is 7.28. The first-order chi connectivity index (χ1) is 10.2. The molecular weight excluding hydrogens is 322 g/mol. The Labute approximate surface area is 141 Å². The Morgan fingerprint density at radius 2 is 2.00 bits per heavy atom. The fourth-order valence-corrected chi connectivity index (χ4v) is 4.19. The quantitative estimate of drug-likeness (QED) is 0.826. The van der Waals surface area contributed by atoms with Crippen LogP contribution in [0.3, 0.4) is 0 Å². The van der Waals surface area contributed by atoms with Gasteiger partial charge in [-0.3, -0.25) is 10.1 Å². The van der Waals surface area contributed by atoms with Crippen molar-refractivity contribution in [2.45, 2.75) is 50.5 Å². The average molecular weight is 346 g/mol. The lowest BCUT2D eigenvalue weighted by molar-refractivity contribution is -0.140. The predicted molar refractivity (Wildman–Crippen MR) is 91.1 cm³/mol. The van der Waals surface area contributed by atoms with Crippen LogP contribution in [0, 0.1) is 0 Å². The molecule has 1 aromatic rings. The van der Waals surface area contributed by atoms with Crippen LogP contribution in [0.1, 0.15) is 42.7 Å². The Kier molecular flexibility index (Phi) is 6.20. The smallest absolute Gasteiger partial charge is 0.258 e. The maximum Gasteiger partial charge on any atom is 0.258 e. The number of aromatic nitrogens is 1. The zero-order valence-corrected chi connectivity index (χ0v) is 14.6. The molecule has 7 heteroatoms. The number of thiazole rings is 1. The number of aryl methyl sites for hydroxylation is 2. The van der Waals surface area contributed by atoms with E-state index < -0.39 is 5.60 Å². The number of anilines is 1. The van der Waals surface area contributed by atoms with Gasteiger partial charge >= 0.3 is 0 Å². The van der Waals surface area contributed by atoms with Gasteiger partial charge in [0.05, 0.1) is 5.69 Å². The van der Waals surface area contributed by atoms with Crippen LogP contribution < -0.4 is 10.6 Å². The molecule has 1 saturated heterocycles. The van der Waals surface area contributed by atoms with Gasteiger partial charge in [0.1, 0.15) is 5.60 Å². The number of methoxy groups -OCH3 is 1. The third-order valence-corrected chi connectivity index (χ3v) is 5.60. The van der Waals surface area contributed by atoms with E-state index in [0.29, 0.717) is 12.8 Å². The van der Waals surface area contributed by atoms with Gasteiger partial charge in [0.2, 0.25) is 0 Å². The van der Waals surface area contributed by atoms with Gasteiger partial charge in [0.25, 0.3) is 5.91 Å². The summed E-state index contributed by atoms with van der Waals surface area (Å²) < 4.78 is 5.56. The third-order valence-electron chi connectivity index (χ3n) is 4.53. The number of hydrogen-bond donors (Lipinski definition) is 2. The fourth-order valence-electron chi connectivity index (χ4n) is 3.15. The van der Waals surface area contributed by atoms with E-state index in [4.69, 9.17) is 4.74 Å². The van der Waals surface area contributed by atoms with Crippen molar-refractivity contribution in [3.8, 4) is 0 Å². The van der Waals surface area contributed by atoms with Crippen LogP contribution in [0.2, 0.25) is 0 Å². The third kappa shape index (κ3) is 3.62. The predicted octanol–water partition coefficient (Wildman–Crippen LogP) is 2.54. The van der Waals surface area contributed by atoms with Crippen LogP contribution in [-0.2, 0) is 22.4 Å². The first-order valence-corrected chi connectivity index (χ1v) is 8.61. The molecule has 0 radical (unpaired) electrons. The molecule has 0 bridgehead atoms. The number of halogens is 1. The lowest BCUT2D eigenvalue weighted by Gasteiger charge is -2.34. The van der Waals surface area contributed by atoms with Crippen molar-refractivity contribution < 1.29 is 9.53 Å². The lowest BCUT2D eigenvalue weighted by atomic mass is 9.91. The van der Waals surface area contributed by atoms with E-state index in [9.17, 15) is 4.79 Å². The van der Waals surface area contributed by atoms with E-state index in [2.05, 4.69) is 15.6 Å². The van der Waals surface area contributed by atoms with E-state index in [0.717, 1.165) is 31.1 Å². The first-order valence-electron chi connectivity index (χ1n) is 7.79. The fraction of sp³-hybridized carbons (Fsp3) is 0.733. The topological polar surface area (TPSA) is 63.2 Å². The minimum atomic E-state index is -0.700. The molecule has 1 amide bonds. The molecular formula is C15H24ClN3O2S. The highest BCUT2D eigenvalue weighted by Crippen LogP contribution is 2.31. The Hall–Kier alpha value is -0.690. The van der Waals surface area contributed by atoms with E-state index in [1.807, 2.05) is 0 Å². The van der Waals surface area contributed by atoms with Gasteiger partial charge < -0.3 is 10.1 Å². The normalized spacial score (nSPS) is 20.4. The standard InChI is InChI=1S/C15H23N3O2S.ClH/c1-20-15(7-9-16-10-8-15)13(19)18-14-17-11-5-3-2-4-6-12(11)21-14;/h16H,2-10H2,1H3,(H,17,18,19);1H. The van der Waals surface area contributed by atoms with Gasteiger partial charge in [-0.1, -0.05) is 6.42 Å². The van der Waals surface area contributed by atoms with Crippen LogP contribution >= 0.6 is 23.7 Å². The number of rotatable bonds is 3. The van der Waals surface area contributed by atoms with Crippen LogP contribution in [0.5, 0.6) is 0 Å². The number of piperidine rings is 1. The minimum Gasteiger partial charge on any atom is -0.368 e. The molecule has 1 aliphatic carbocycles. The Morgan fingerprint density at radius 1 is 1.27 bits per heavy atom. The average Bonchev–Trinajstić information content (AvgIpc) is 2.76. The Balaban J connectivity index is 0.00000176. The van der Waals surface area contributed by atoms with Crippen molar-refractivity contribution >= 4 is 34.8 Å². The molecule has 0 saturated carbocycles. The van der Waals surface area contributed by atoms with Gasteiger partial charge in [-0.2, -0.15) is 0 Å². The monoisotopic (exact) mass is 345 g/mol. The molecule has 0 aromatic carbocycles. The van der Waals surface area contributed by atoms with Gasteiger partial charge in [-0.15, -0.1) is 23.7 Å². The molecule has 1 fully saturated rings. The van der Waals surface area contributed by atoms with E-state index in [-0.39, 0.29) is 18.3 Å². The highest BCUT2D eigenvalue weighted by Gasteiger charge is 2.40. The van der Waals surface area contributed by atoms with Crippen molar-refractivity contribution in [3.05, 3.63) is 10.6 Å². The largest absolute Gasteiger partial charge is 0.368 e. The Bertz CT molecular complexity index is 491. The zero-order chi connectivity index (χ0) is 14.7. The lowest BCUT2D eigenvalue weighted by Crippen LogP contribution is -2.51. The van der Waals surface area contributed by atoms with Crippen LogP contribution in [0.25, 0.3) is 0 Å². The number of nitrogens with zero attached hydrogens (tertiary/aromatic N) is 1. The van der Waals surface area contributed by atoms with Gasteiger partial charge in [-0.05, 0) is 51.6 Å². The number of carbonyl (C=O) groups is 1. The van der Waals surface area contributed by atoms with Gasteiger partial charge in [0, 0.05) is 12.0 Å². The van der Waals surface area contributed by atoms with E-state index in [1.54, 1.807) is 18.4 Å². The Morgan fingerprint density at radius 3 is 2.73 bits per heavy atom. The van der Waals surface area contributed by atoms with Crippen molar-refractivity contribution in [1.82, 2.24) is 10.3 Å². The number of hydrogen-bond acceptors (Lipinski definition) is 5. The highest BCUT2D eigenvalue weighted by molar-refractivity contribution is 7.15. The second-order valence-corrected chi connectivity index (χ2v) is 6.94. The maximum atomic E-state index is 12.6. The van der Waals surface area contributed by atoms with E-state index >= 15 is 0 Å². The molecule has 0 spiro atoms. The maximum absolute atomic E-state index is 12.6. The molecule has 2 heterocycles. The molecule has 0 atom stereocenters. The first kappa shape index (κ1) is 17.7. The highest BCUT2D eigenvalue weighted by atomic mass is 35.5. The number of carbonyl (C=O) groups excluding carboxylic acids is 1.